The molecule has 14 N–H and O–H groups in total. The summed E-state index contributed by atoms with van der Waals surface area (Å²) in [6.07, 6.45) is -9.73. The van der Waals surface area contributed by atoms with Gasteiger partial charge in [0.2, 0.25) is 0 Å². The minimum Gasteiger partial charge on any atom is -0.507 e. The monoisotopic (exact) mass is 845 g/mol. The number of phenolic OH excluding ortho intramolecular Hbond substituents is 2. The highest BCUT2D eigenvalue weighted by Crippen LogP contribution is 2.28. The fourth-order valence-corrected chi connectivity index (χ4v) is 7.50. The number of hydrogen-bond donors (Lipinski definition) is 14. The summed E-state index contributed by atoms with van der Waals surface area (Å²) in [6.45, 7) is 6.27. The van der Waals surface area contributed by atoms with Gasteiger partial charge in [0.1, 0.15) is 48.1 Å². The van der Waals surface area contributed by atoms with E-state index in [2.05, 4.69) is 20.4 Å². The molecular weight excluding hydrogens is 778 g/mol. The van der Waals surface area contributed by atoms with Gasteiger partial charge in [-0.15, -0.1) is 0 Å². The van der Waals surface area contributed by atoms with Gasteiger partial charge in [0.25, 0.3) is 0 Å². The topological polar surface area (TPSA) is 286 Å². The molecule has 2 bridgehead atoms. The van der Waals surface area contributed by atoms with Crippen LogP contribution in [0.1, 0.15) is 57.6 Å². The van der Waals surface area contributed by atoms with Crippen LogP contribution in [-0.2, 0) is 39.0 Å². The van der Waals surface area contributed by atoms with E-state index in [4.69, 9.17) is 15.2 Å². The van der Waals surface area contributed by atoms with E-state index in [1.807, 2.05) is 56.3 Å². The number of nitrogens with zero attached hydrogens (tertiary/aromatic N) is 3. The normalized spacial score (nSPS) is 18.9. The van der Waals surface area contributed by atoms with Crippen molar-refractivity contribution in [3.05, 3.63) is 87.2 Å². The van der Waals surface area contributed by atoms with Crippen molar-refractivity contribution in [2.75, 3.05) is 52.5 Å². The molecule has 0 amide bonds. The molecule has 1 aliphatic rings. The number of aromatic nitrogens is 1. The van der Waals surface area contributed by atoms with Crippen molar-refractivity contribution in [1.82, 2.24) is 25.4 Å². The number of rotatable bonds is 20. The van der Waals surface area contributed by atoms with Gasteiger partial charge in [0.15, 0.2) is 0 Å². The van der Waals surface area contributed by atoms with Crippen molar-refractivity contribution in [3.8, 4) is 11.5 Å². The predicted octanol–water partition coefficient (Wildman–Crippen LogP) is -1.96. The molecule has 0 saturated heterocycles. The van der Waals surface area contributed by atoms with Gasteiger partial charge in [-0.2, -0.15) is 0 Å². The predicted molar refractivity (Wildman–Crippen MR) is 223 cm³/mol. The van der Waals surface area contributed by atoms with Crippen LogP contribution in [0.5, 0.6) is 11.5 Å². The molecule has 1 aliphatic heterocycles. The lowest BCUT2D eigenvalue weighted by molar-refractivity contribution is -0.114. The number of fused-ring (bicyclic) bond motifs is 2. The third kappa shape index (κ3) is 14.6. The van der Waals surface area contributed by atoms with Crippen molar-refractivity contribution in [2.45, 2.75) is 115 Å². The zero-order valence-electron chi connectivity index (χ0n) is 34.7. The fourth-order valence-electron chi connectivity index (χ4n) is 7.50. The number of pyridine rings is 1. The highest BCUT2D eigenvalue weighted by Gasteiger charge is 2.31. The average Bonchev–Trinajstić information content (AvgIpc) is 3.24. The van der Waals surface area contributed by atoms with E-state index in [0.29, 0.717) is 50.1 Å². The molecule has 4 rings (SSSR count). The Morgan fingerprint density at radius 2 is 0.917 bits per heavy atom. The van der Waals surface area contributed by atoms with Gasteiger partial charge in [-0.3, -0.25) is 14.8 Å². The minimum absolute atomic E-state index is 0.117. The van der Waals surface area contributed by atoms with Crippen molar-refractivity contribution in [3.63, 3.8) is 0 Å². The molecule has 0 fully saturated rings. The van der Waals surface area contributed by atoms with Gasteiger partial charge in [-0.05, 0) is 51.9 Å². The molecule has 8 unspecified atom stereocenters. The zero-order valence-corrected chi connectivity index (χ0v) is 34.7. The number of phenols is 2. The maximum atomic E-state index is 11.4. The first-order valence-electron chi connectivity index (χ1n) is 20.7. The number of aromatic hydroxyl groups is 2. The second-order valence-electron chi connectivity index (χ2n) is 16.1. The van der Waals surface area contributed by atoms with Gasteiger partial charge >= 0.3 is 0 Å². The van der Waals surface area contributed by atoms with Gasteiger partial charge in [0.05, 0.1) is 25.4 Å². The fraction of sp³-hybridized carbons (Fsp3) is 0.605. The lowest BCUT2D eigenvalue weighted by atomic mass is 10.0. The number of nitrogens with one attached hydrogen (secondary N) is 2. The molecule has 336 valence electrons. The van der Waals surface area contributed by atoms with Crippen molar-refractivity contribution >= 4 is 0 Å². The second-order valence-corrected chi connectivity index (χ2v) is 16.1. The zero-order chi connectivity index (χ0) is 43.9. The Hall–Kier alpha value is -3.37. The van der Waals surface area contributed by atoms with Crippen LogP contribution in [0.4, 0.5) is 0 Å². The second kappa shape index (κ2) is 24.3. The Bertz CT molecular complexity index is 1640. The summed E-state index contributed by atoms with van der Waals surface area (Å²) in [5.74, 6) is 0.233. The summed E-state index contributed by atoms with van der Waals surface area (Å²) in [4.78, 5) is 9.55. The first kappa shape index (κ1) is 49.3. The molecule has 1 aromatic heterocycles. The van der Waals surface area contributed by atoms with Crippen LogP contribution in [0.25, 0.3) is 0 Å². The highest BCUT2D eigenvalue weighted by molar-refractivity contribution is 5.44. The van der Waals surface area contributed by atoms with Gasteiger partial charge < -0.3 is 71.9 Å². The number of hydrogen-bond acceptors (Lipinski definition) is 17. The standard InChI is InChI=1S/C43H67N5O12/c1-26-14-28(18-44-20-34(51)40(57)42(59)36(53)24-49)38(55)30(16-26)22-47-10-3-4-11-48(13-9-33-7-5-6-32(46-33)8-12-47)23-31-17-27(2)15-29(39(31)56)19-45-21-35(52)41(58)43(60)37(54)25-50/h5-7,14-17,34-37,40-45,49-60H,3-4,8-13,18-25H2,1-2H3. The van der Waals surface area contributed by atoms with Crippen LogP contribution in [-0.4, -0.2) is 177 Å². The summed E-state index contributed by atoms with van der Waals surface area (Å²) in [5, 5.41) is 127. The van der Waals surface area contributed by atoms with E-state index in [1.54, 1.807) is 0 Å². The van der Waals surface area contributed by atoms with E-state index in [0.717, 1.165) is 59.6 Å². The van der Waals surface area contributed by atoms with Crippen molar-refractivity contribution in [1.29, 1.82) is 0 Å². The molecule has 17 nitrogen and oxygen atoms in total. The lowest BCUT2D eigenvalue weighted by Gasteiger charge is -2.26. The molecule has 0 aliphatic carbocycles. The summed E-state index contributed by atoms with van der Waals surface area (Å²) in [5.41, 5.74) is 6.47. The van der Waals surface area contributed by atoms with Crippen molar-refractivity contribution in [2.24, 2.45) is 0 Å². The summed E-state index contributed by atoms with van der Waals surface area (Å²) in [7, 11) is 0. The molecule has 8 atom stereocenters. The minimum atomic E-state index is -1.73. The van der Waals surface area contributed by atoms with E-state index in [1.165, 1.54) is 0 Å². The number of aliphatic hydroxyl groups excluding tert-OH is 10. The molecule has 2 aromatic carbocycles. The van der Waals surface area contributed by atoms with Gasteiger partial charge in [0, 0.05) is 98.8 Å². The number of aryl methyl sites for hydroxylation is 2. The number of aliphatic hydroxyl groups is 10. The third-order valence-corrected chi connectivity index (χ3v) is 11.0. The summed E-state index contributed by atoms with van der Waals surface area (Å²) >= 11 is 0. The van der Waals surface area contributed by atoms with E-state index >= 15 is 0 Å². The Kier molecular flexibility index (Phi) is 20.0. The lowest BCUT2D eigenvalue weighted by Crippen LogP contribution is -2.48. The molecular formula is C43H67N5O12. The maximum absolute atomic E-state index is 11.4. The van der Waals surface area contributed by atoms with E-state index in [9.17, 15) is 51.1 Å². The molecule has 0 spiro atoms. The van der Waals surface area contributed by atoms with Gasteiger partial charge in [-0.1, -0.05) is 41.5 Å². The largest absolute Gasteiger partial charge is 0.507 e. The molecule has 0 saturated carbocycles. The van der Waals surface area contributed by atoms with Crippen LogP contribution in [0, 0.1) is 13.8 Å². The smallest absolute Gasteiger partial charge is 0.124 e. The van der Waals surface area contributed by atoms with Crippen LogP contribution in [0.3, 0.4) is 0 Å². The van der Waals surface area contributed by atoms with Gasteiger partial charge in [-0.25, -0.2) is 0 Å². The quantitative estimate of drug-likeness (QED) is 0.0588. The molecule has 3 aromatic rings. The summed E-state index contributed by atoms with van der Waals surface area (Å²) in [6, 6.07) is 13.6. The first-order valence-corrected chi connectivity index (χ1v) is 20.7. The Morgan fingerprint density at radius 1 is 0.550 bits per heavy atom. The van der Waals surface area contributed by atoms with E-state index < -0.39 is 62.0 Å². The highest BCUT2D eigenvalue weighted by atomic mass is 16.4. The Morgan fingerprint density at radius 3 is 1.30 bits per heavy atom. The Balaban J connectivity index is 1.41. The molecule has 2 heterocycles. The molecule has 60 heavy (non-hydrogen) atoms. The average molecular weight is 846 g/mol. The van der Waals surface area contributed by atoms with Crippen LogP contribution in [0.2, 0.25) is 0 Å². The Labute approximate surface area is 351 Å². The van der Waals surface area contributed by atoms with Crippen LogP contribution >= 0.6 is 0 Å². The van der Waals surface area contributed by atoms with Crippen molar-refractivity contribution < 1.29 is 61.3 Å². The first-order chi connectivity index (χ1) is 28.6. The van der Waals surface area contributed by atoms with E-state index in [-0.39, 0.29) is 37.7 Å². The number of benzene rings is 2. The SMILES string of the molecule is Cc1cc(CNCC(O)C(O)C(O)C(O)CO)c(O)c(CN2CCCCN(Cc3cc(C)cc(CNCC(O)C(O)C(O)C(O)CO)c3O)CCc3cccc(n3)CC2)c1. The van der Waals surface area contributed by atoms with Crippen LogP contribution < -0.4 is 10.6 Å². The summed E-state index contributed by atoms with van der Waals surface area (Å²) < 4.78 is 0. The van der Waals surface area contributed by atoms with Crippen LogP contribution in [0.15, 0.2) is 42.5 Å². The third-order valence-electron chi connectivity index (χ3n) is 11.0. The molecule has 17 heteroatoms. The molecule has 0 radical (unpaired) electrons. The maximum Gasteiger partial charge on any atom is 0.124 e.